The lowest BCUT2D eigenvalue weighted by molar-refractivity contribution is -0.148. The van der Waals surface area contributed by atoms with Crippen molar-refractivity contribution in [2.45, 2.75) is 19.4 Å². The van der Waals surface area contributed by atoms with E-state index < -0.39 is 12.0 Å². The standard InChI is InChI=1S/C8H15NO3S.Al.ClH.H2S.3H/c1-6(10)9(2)7(8(11)12)4-5-13-3;;;;;;/h7H,4-5H2,1-3H3,(H,11,12);;1H;1H2;;;. The van der Waals surface area contributed by atoms with Gasteiger partial charge in [0.1, 0.15) is 6.04 Å². The van der Waals surface area contributed by atoms with Crippen molar-refractivity contribution in [3.05, 3.63) is 0 Å². The van der Waals surface area contributed by atoms with Gasteiger partial charge in [0.15, 0.2) is 17.4 Å². The van der Waals surface area contributed by atoms with Crippen molar-refractivity contribution >= 4 is 66.9 Å². The highest BCUT2D eigenvalue weighted by atomic mass is 35.5. The smallest absolute Gasteiger partial charge is 0.326 e. The van der Waals surface area contributed by atoms with Gasteiger partial charge in [-0.05, 0) is 18.4 Å². The molecule has 98 valence electrons. The van der Waals surface area contributed by atoms with Crippen molar-refractivity contribution in [2.75, 3.05) is 19.1 Å². The molecule has 0 rings (SSSR count). The van der Waals surface area contributed by atoms with Crippen molar-refractivity contribution in [2.24, 2.45) is 0 Å². The van der Waals surface area contributed by atoms with Gasteiger partial charge in [0.25, 0.3) is 0 Å². The lowest BCUT2D eigenvalue weighted by atomic mass is 10.2. The van der Waals surface area contributed by atoms with Crippen LogP contribution in [-0.2, 0) is 9.59 Å². The normalized spacial score (nSPS) is 9.94. The summed E-state index contributed by atoms with van der Waals surface area (Å²) in [5.41, 5.74) is 0. The minimum atomic E-state index is -0.938. The van der Waals surface area contributed by atoms with Crippen molar-refractivity contribution in [1.29, 1.82) is 0 Å². The Morgan fingerprint density at radius 2 is 1.88 bits per heavy atom. The molecule has 1 amide bonds. The fourth-order valence-electron chi connectivity index (χ4n) is 0.932. The summed E-state index contributed by atoms with van der Waals surface area (Å²) in [5, 5.41) is 8.82. The van der Waals surface area contributed by atoms with E-state index in [1.807, 2.05) is 6.26 Å². The van der Waals surface area contributed by atoms with E-state index in [2.05, 4.69) is 0 Å². The molecule has 0 saturated carbocycles. The number of nitrogens with zero attached hydrogens (tertiary/aromatic N) is 1. The average molecular weight is 306 g/mol. The summed E-state index contributed by atoms with van der Waals surface area (Å²) in [6.07, 6.45) is 2.40. The Hall–Kier alpha value is 0.462. The van der Waals surface area contributed by atoms with E-state index in [1.54, 1.807) is 11.8 Å². The number of hydrogen-bond donors (Lipinski definition) is 1. The summed E-state index contributed by atoms with van der Waals surface area (Å²) in [6.45, 7) is 1.37. The zero-order chi connectivity index (χ0) is 10.4. The molecule has 16 heavy (non-hydrogen) atoms. The Kier molecular flexibility index (Phi) is 21.4. The molecule has 1 unspecified atom stereocenters. The van der Waals surface area contributed by atoms with Gasteiger partial charge in [-0.3, -0.25) is 4.79 Å². The zero-order valence-electron chi connectivity index (χ0n) is 9.02. The van der Waals surface area contributed by atoms with E-state index in [0.29, 0.717) is 6.42 Å². The fraction of sp³-hybridized carbons (Fsp3) is 0.750. The first-order chi connectivity index (χ1) is 6.00. The number of rotatable bonds is 5. The topological polar surface area (TPSA) is 57.6 Å². The monoisotopic (exact) mass is 305 g/mol. The molecule has 0 aliphatic heterocycles. The molecule has 0 spiro atoms. The van der Waals surface area contributed by atoms with E-state index >= 15 is 0 Å². The van der Waals surface area contributed by atoms with Gasteiger partial charge in [-0.1, -0.05) is 0 Å². The molecular formula is C8H21AlClNO3S2. The molecule has 0 aliphatic carbocycles. The van der Waals surface area contributed by atoms with Crippen LogP contribution < -0.4 is 0 Å². The molecule has 0 saturated heterocycles. The predicted octanol–water partition coefficient (Wildman–Crippen LogP) is 0.0217. The van der Waals surface area contributed by atoms with Gasteiger partial charge >= 0.3 is 5.97 Å². The second-order valence-electron chi connectivity index (χ2n) is 2.77. The Balaban J connectivity index is -0.000000240. The lowest BCUT2D eigenvalue weighted by Crippen LogP contribution is -2.41. The van der Waals surface area contributed by atoms with Crippen LogP contribution in [0.1, 0.15) is 13.3 Å². The molecule has 0 heterocycles. The molecule has 4 nitrogen and oxygen atoms in total. The molecule has 0 radical (unpaired) electrons. The first kappa shape index (κ1) is 25.3. The van der Waals surface area contributed by atoms with Crippen LogP contribution in [-0.4, -0.2) is 64.3 Å². The van der Waals surface area contributed by atoms with Gasteiger partial charge in [-0.15, -0.1) is 12.4 Å². The summed E-state index contributed by atoms with van der Waals surface area (Å²) in [7, 11) is 1.52. The van der Waals surface area contributed by atoms with Crippen molar-refractivity contribution < 1.29 is 14.7 Å². The Labute approximate surface area is 125 Å². The summed E-state index contributed by atoms with van der Waals surface area (Å²) in [6, 6.07) is -0.690. The van der Waals surface area contributed by atoms with Crippen LogP contribution >= 0.6 is 37.7 Å². The maximum atomic E-state index is 10.9. The second kappa shape index (κ2) is 13.5. The quantitative estimate of drug-likeness (QED) is 0.728. The van der Waals surface area contributed by atoms with Gasteiger partial charge in [0.2, 0.25) is 5.91 Å². The van der Waals surface area contributed by atoms with E-state index in [0.717, 1.165) is 5.75 Å². The van der Waals surface area contributed by atoms with Crippen LogP contribution in [0.5, 0.6) is 0 Å². The second-order valence-corrected chi connectivity index (χ2v) is 3.75. The maximum Gasteiger partial charge on any atom is 0.326 e. The Morgan fingerprint density at radius 1 is 1.44 bits per heavy atom. The zero-order valence-corrected chi connectivity index (χ0v) is 11.7. The maximum absolute atomic E-state index is 10.9. The van der Waals surface area contributed by atoms with Gasteiger partial charge < -0.3 is 10.0 Å². The minimum absolute atomic E-state index is 0. The molecule has 0 aromatic rings. The molecule has 8 heteroatoms. The number of hydrogen-bond acceptors (Lipinski definition) is 3. The highest BCUT2D eigenvalue weighted by Crippen LogP contribution is 2.07. The SMILES string of the molecule is CSCCC(C(=O)O)N(C)C(C)=O.Cl.S.[AlH3]. The van der Waals surface area contributed by atoms with E-state index in [-0.39, 0.29) is 49.2 Å². The Morgan fingerprint density at radius 3 is 2.12 bits per heavy atom. The number of amides is 1. The number of halogens is 1. The van der Waals surface area contributed by atoms with Gasteiger partial charge in [-0.2, -0.15) is 25.3 Å². The van der Waals surface area contributed by atoms with Crippen LogP contribution in [0.15, 0.2) is 0 Å². The number of carbonyl (C=O) groups is 2. The summed E-state index contributed by atoms with van der Waals surface area (Å²) in [5.74, 6) is -0.408. The molecule has 0 fully saturated rings. The number of aliphatic carboxylic acids is 1. The first-order valence-electron chi connectivity index (χ1n) is 3.95. The molecule has 0 aromatic carbocycles. The van der Waals surface area contributed by atoms with E-state index in [1.165, 1.54) is 18.9 Å². The van der Waals surface area contributed by atoms with Crippen LogP contribution in [0.25, 0.3) is 0 Å². The number of thioether (sulfide) groups is 1. The number of carbonyl (C=O) groups excluding carboxylic acids is 1. The number of carboxylic acids is 1. The van der Waals surface area contributed by atoms with Crippen molar-refractivity contribution in [3.8, 4) is 0 Å². The van der Waals surface area contributed by atoms with Crippen molar-refractivity contribution in [3.63, 3.8) is 0 Å². The lowest BCUT2D eigenvalue weighted by Gasteiger charge is -2.22. The van der Waals surface area contributed by atoms with Crippen LogP contribution in [0, 0.1) is 0 Å². The van der Waals surface area contributed by atoms with Crippen LogP contribution in [0.4, 0.5) is 0 Å². The van der Waals surface area contributed by atoms with Crippen molar-refractivity contribution in [1.82, 2.24) is 4.90 Å². The molecular weight excluding hydrogens is 285 g/mol. The summed E-state index contributed by atoms with van der Waals surface area (Å²) >= 11 is 1.58. The summed E-state index contributed by atoms with van der Waals surface area (Å²) < 4.78 is 0. The predicted molar refractivity (Wildman–Crippen MR) is 80.4 cm³/mol. The van der Waals surface area contributed by atoms with Gasteiger partial charge in [-0.25, -0.2) is 4.79 Å². The molecule has 1 N–H and O–H groups in total. The third-order valence-corrected chi connectivity index (χ3v) is 2.49. The average Bonchev–Trinajstić information content (AvgIpc) is 2.04. The van der Waals surface area contributed by atoms with Crippen LogP contribution in [0.3, 0.4) is 0 Å². The molecule has 0 aliphatic rings. The van der Waals surface area contributed by atoms with Gasteiger partial charge in [0.05, 0.1) is 0 Å². The van der Waals surface area contributed by atoms with Crippen LogP contribution in [0.2, 0.25) is 0 Å². The molecule has 1 atom stereocenters. The molecule has 0 bridgehead atoms. The Bertz CT molecular complexity index is 210. The van der Waals surface area contributed by atoms with E-state index in [4.69, 9.17) is 5.11 Å². The highest BCUT2D eigenvalue weighted by molar-refractivity contribution is 7.98. The highest BCUT2D eigenvalue weighted by Gasteiger charge is 2.23. The summed E-state index contributed by atoms with van der Waals surface area (Å²) in [4.78, 5) is 22.9. The third-order valence-electron chi connectivity index (χ3n) is 1.84. The molecule has 0 aromatic heterocycles. The fourth-order valence-corrected chi connectivity index (χ4v) is 1.39. The first-order valence-corrected chi connectivity index (χ1v) is 5.35. The van der Waals surface area contributed by atoms with Gasteiger partial charge in [0, 0.05) is 14.0 Å². The third kappa shape index (κ3) is 9.67. The minimum Gasteiger partial charge on any atom is -0.480 e. The van der Waals surface area contributed by atoms with E-state index in [9.17, 15) is 9.59 Å². The number of likely N-dealkylation sites (N-methyl/N-ethyl adjacent to an activating group) is 1. The largest absolute Gasteiger partial charge is 0.480 e. The number of carboxylic acid groups (broad SMARTS) is 1.